The monoisotopic (exact) mass is 256 g/mol. The molecule has 0 fully saturated rings. The van der Waals surface area contributed by atoms with Crippen LogP contribution in [0.2, 0.25) is 0 Å². The molecule has 2 aromatic rings. The maximum absolute atomic E-state index is 4.67. The van der Waals surface area contributed by atoms with Gasteiger partial charge in [-0.25, -0.2) is 0 Å². The Morgan fingerprint density at radius 2 is 1.89 bits per heavy atom. The first kappa shape index (κ1) is 13.9. The van der Waals surface area contributed by atoms with E-state index in [0.717, 1.165) is 18.7 Å². The van der Waals surface area contributed by atoms with E-state index in [4.69, 9.17) is 0 Å². The molecule has 0 aliphatic heterocycles. The van der Waals surface area contributed by atoms with Gasteiger partial charge >= 0.3 is 0 Å². The quantitative estimate of drug-likeness (QED) is 0.786. The standard InChI is InChI=1S/C17H24N2/c1-6-11-19-12-10-16(18-19)14-8-7-9-15(13(14)2)17(3,4)5/h7-10,12H,6,11H2,1-5H3. The summed E-state index contributed by atoms with van der Waals surface area (Å²) < 4.78 is 2.03. The van der Waals surface area contributed by atoms with Crippen molar-refractivity contribution in [3.8, 4) is 11.3 Å². The van der Waals surface area contributed by atoms with E-state index < -0.39 is 0 Å². The molecule has 0 atom stereocenters. The van der Waals surface area contributed by atoms with Gasteiger partial charge in [-0.15, -0.1) is 0 Å². The van der Waals surface area contributed by atoms with Gasteiger partial charge in [0.1, 0.15) is 0 Å². The fourth-order valence-electron chi connectivity index (χ4n) is 2.58. The molecule has 0 radical (unpaired) electrons. The van der Waals surface area contributed by atoms with Gasteiger partial charge in [-0.3, -0.25) is 4.68 Å². The summed E-state index contributed by atoms with van der Waals surface area (Å²) in [6, 6.07) is 8.65. The summed E-state index contributed by atoms with van der Waals surface area (Å²) in [6.45, 7) is 12.1. The highest BCUT2D eigenvalue weighted by molar-refractivity contribution is 5.65. The number of hydrogen-bond donors (Lipinski definition) is 0. The highest BCUT2D eigenvalue weighted by atomic mass is 15.3. The summed E-state index contributed by atoms with van der Waals surface area (Å²) >= 11 is 0. The van der Waals surface area contributed by atoms with E-state index in [1.54, 1.807) is 0 Å². The lowest BCUT2D eigenvalue weighted by molar-refractivity contribution is 0.586. The van der Waals surface area contributed by atoms with Gasteiger partial charge in [0, 0.05) is 18.3 Å². The van der Waals surface area contributed by atoms with Crippen molar-refractivity contribution in [2.24, 2.45) is 0 Å². The second-order valence-electron chi connectivity index (χ2n) is 6.19. The normalized spacial score (nSPS) is 11.8. The van der Waals surface area contributed by atoms with Crippen LogP contribution < -0.4 is 0 Å². The fraction of sp³-hybridized carbons (Fsp3) is 0.471. The molecule has 1 aromatic carbocycles. The third kappa shape index (κ3) is 2.89. The number of rotatable bonds is 3. The zero-order valence-corrected chi connectivity index (χ0v) is 12.7. The zero-order valence-electron chi connectivity index (χ0n) is 12.7. The number of aryl methyl sites for hydroxylation is 1. The van der Waals surface area contributed by atoms with E-state index in [0.29, 0.717) is 0 Å². The molecule has 0 amide bonds. The Bertz CT molecular complexity index is 559. The minimum absolute atomic E-state index is 0.173. The Labute approximate surface area is 116 Å². The van der Waals surface area contributed by atoms with Gasteiger partial charge in [0.25, 0.3) is 0 Å². The molecule has 102 valence electrons. The smallest absolute Gasteiger partial charge is 0.0925 e. The predicted octanol–water partition coefficient (Wildman–Crippen LogP) is 4.57. The van der Waals surface area contributed by atoms with E-state index in [2.05, 4.69) is 70.2 Å². The van der Waals surface area contributed by atoms with Crippen LogP contribution >= 0.6 is 0 Å². The van der Waals surface area contributed by atoms with E-state index in [-0.39, 0.29) is 5.41 Å². The summed E-state index contributed by atoms with van der Waals surface area (Å²) in [7, 11) is 0. The highest BCUT2D eigenvalue weighted by Crippen LogP contribution is 2.31. The van der Waals surface area contributed by atoms with Crippen molar-refractivity contribution in [2.45, 2.75) is 53.0 Å². The summed E-state index contributed by atoms with van der Waals surface area (Å²) in [5.41, 5.74) is 5.25. The third-order valence-electron chi connectivity index (χ3n) is 3.51. The SMILES string of the molecule is CCCn1ccc(-c2cccc(C(C)(C)C)c2C)n1. The van der Waals surface area contributed by atoms with E-state index in [1.165, 1.54) is 16.7 Å². The number of aromatic nitrogens is 2. The average Bonchev–Trinajstić information content (AvgIpc) is 2.76. The van der Waals surface area contributed by atoms with Crippen LogP contribution in [0.1, 0.15) is 45.2 Å². The van der Waals surface area contributed by atoms with Gasteiger partial charge in [0.05, 0.1) is 5.69 Å². The van der Waals surface area contributed by atoms with Crippen molar-refractivity contribution in [1.82, 2.24) is 9.78 Å². The lowest BCUT2D eigenvalue weighted by Gasteiger charge is -2.23. The minimum Gasteiger partial charge on any atom is -0.272 e. The number of hydrogen-bond acceptors (Lipinski definition) is 1. The van der Waals surface area contributed by atoms with Gasteiger partial charge < -0.3 is 0 Å². The first-order valence-corrected chi connectivity index (χ1v) is 7.07. The molecular weight excluding hydrogens is 232 g/mol. The predicted molar refractivity (Wildman–Crippen MR) is 81.4 cm³/mol. The topological polar surface area (TPSA) is 17.8 Å². The van der Waals surface area contributed by atoms with Crippen LogP contribution in [0, 0.1) is 6.92 Å². The molecule has 0 saturated heterocycles. The van der Waals surface area contributed by atoms with Crippen LogP contribution in [0.5, 0.6) is 0 Å². The van der Waals surface area contributed by atoms with Crippen molar-refractivity contribution in [2.75, 3.05) is 0 Å². The first-order valence-electron chi connectivity index (χ1n) is 7.07. The molecule has 2 rings (SSSR count). The molecule has 2 nitrogen and oxygen atoms in total. The minimum atomic E-state index is 0.173. The molecule has 0 spiro atoms. The van der Waals surface area contributed by atoms with Gasteiger partial charge in [0.2, 0.25) is 0 Å². The molecular formula is C17H24N2. The van der Waals surface area contributed by atoms with Crippen molar-refractivity contribution in [3.05, 3.63) is 41.6 Å². The van der Waals surface area contributed by atoms with Crippen LogP contribution in [0.25, 0.3) is 11.3 Å². The Kier molecular flexibility index (Phi) is 3.79. The Balaban J connectivity index is 2.45. The molecule has 19 heavy (non-hydrogen) atoms. The summed E-state index contributed by atoms with van der Waals surface area (Å²) in [6.07, 6.45) is 3.18. The lowest BCUT2D eigenvalue weighted by atomic mass is 9.82. The van der Waals surface area contributed by atoms with Gasteiger partial charge in [-0.05, 0) is 36.0 Å². The van der Waals surface area contributed by atoms with Crippen LogP contribution in [0.3, 0.4) is 0 Å². The molecule has 2 heteroatoms. The number of nitrogens with zero attached hydrogens (tertiary/aromatic N) is 2. The van der Waals surface area contributed by atoms with E-state index in [1.807, 2.05) is 4.68 Å². The van der Waals surface area contributed by atoms with Gasteiger partial charge in [-0.2, -0.15) is 5.10 Å². The van der Waals surface area contributed by atoms with Crippen molar-refractivity contribution < 1.29 is 0 Å². The maximum Gasteiger partial charge on any atom is 0.0925 e. The van der Waals surface area contributed by atoms with Crippen molar-refractivity contribution in [1.29, 1.82) is 0 Å². The molecule has 0 N–H and O–H groups in total. The molecule has 0 unspecified atom stereocenters. The first-order chi connectivity index (χ1) is 8.93. The Hall–Kier alpha value is -1.57. The number of benzene rings is 1. The molecule has 0 aliphatic rings. The molecule has 1 heterocycles. The third-order valence-corrected chi connectivity index (χ3v) is 3.51. The van der Waals surface area contributed by atoms with Crippen LogP contribution in [-0.2, 0) is 12.0 Å². The Morgan fingerprint density at radius 1 is 1.16 bits per heavy atom. The van der Waals surface area contributed by atoms with Crippen LogP contribution in [0.4, 0.5) is 0 Å². The van der Waals surface area contributed by atoms with Crippen LogP contribution in [-0.4, -0.2) is 9.78 Å². The van der Waals surface area contributed by atoms with E-state index >= 15 is 0 Å². The Morgan fingerprint density at radius 3 is 2.53 bits per heavy atom. The summed E-state index contributed by atoms with van der Waals surface area (Å²) in [5, 5.41) is 4.67. The van der Waals surface area contributed by atoms with Crippen molar-refractivity contribution >= 4 is 0 Å². The second-order valence-corrected chi connectivity index (χ2v) is 6.19. The maximum atomic E-state index is 4.67. The fourth-order valence-corrected chi connectivity index (χ4v) is 2.58. The molecule has 0 saturated carbocycles. The zero-order chi connectivity index (χ0) is 14.0. The molecule has 0 aliphatic carbocycles. The molecule has 0 bridgehead atoms. The van der Waals surface area contributed by atoms with Crippen LogP contribution in [0.15, 0.2) is 30.5 Å². The van der Waals surface area contributed by atoms with Gasteiger partial charge in [0.15, 0.2) is 0 Å². The largest absolute Gasteiger partial charge is 0.272 e. The molecule has 1 aromatic heterocycles. The van der Waals surface area contributed by atoms with Crippen molar-refractivity contribution in [3.63, 3.8) is 0 Å². The lowest BCUT2D eigenvalue weighted by Crippen LogP contribution is -2.13. The average molecular weight is 256 g/mol. The highest BCUT2D eigenvalue weighted by Gasteiger charge is 2.18. The summed E-state index contributed by atoms with van der Waals surface area (Å²) in [5.74, 6) is 0. The van der Waals surface area contributed by atoms with E-state index in [9.17, 15) is 0 Å². The van der Waals surface area contributed by atoms with Gasteiger partial charge in [-0.1, -0.05) is 45.9 Å². The summed E-state index contributed by atoms with van der Waals surface area (Å²) in [4.78, 5) is 0. The second kappa shape index (κ2) is 5.20.